The van der Waals surface area contributed by atoms with Crippen molar-refractivity contribution in [3.63, 3.8) is 0 Å². The standard InChI is InChI=1S/C10H18N6O/c1-15-5-3-7(4-6-15)16(2)10(17)8-9(11)13-14-12-8/h7H,3-6H2,1-2H3,(H3,11,12,13,14). The topological polar surface area (TPSA) is 91.1 Å². The van der Waals surface area contributed by atoms with Crippen molar-refractivity contribution in [2.24, 2.45) is 0 Å². The summed E-state index contributed by atoms with van der Waals surface area (Å²) in [7, 11) is 3.89. The van der Waals surface area contributed by atoms with Crippen LogP contribution in [0.2, 0.25) is 0 Å². The zero-order chi connectivity index (χ0) is 12.4. The number of hydrogen-bond donors (Lipinski definition) is 2. The molecule has 0 saturated carbocycles. The number of likely N-dealkylation sites (tertiary alicyclic amines) is 1. The van der Waals surface area contributed by atoms with Crippen LogP contribution in [0.1, 0.15) is 23.3 Å². The van der Waals surface area contributed by atoms with Crippen molar-refractivity contribution in [2.45, 2.75) is 18.9 Å². The number of nitrogens with one attached hydrogen (secondary N) is 1. The van der Waals surface area contributed by atoms with Gasteiger partial charge in [-0.25, -0.2) is 0 Å². The minimum atomic E-state index is -0.161. The number of carbonyl (C=O) groups excluding carboxylic acids is 1. The number of amides is 1. The lowest BCUT2D eigenvalue weighted by Gasteiger charge is -2.34. The first-order valence-electron chi connectivity index (χ1n) is 5.71. The fraction of sp³-hybridized carbons (Fsp3) is 0.700. The SMILES string of the molecule is CN1CCC(N(C)C(=O)c2n[nH]nc2N)CC1. The molecule has 1 aliphatic heterocycles. The largest absolute Gasteiger partial charge is 0.380 e. The summed E-state index contributed by atoms with van der Waals surface area (Å²) < 4.78 is 0. The van der Waals surface area contributed by atoms with Gasteiger partial charge in [-0.1, -0.05) is 0 Å². The lowest BCUT2D eigenvalue weighted by molar-refractivity contribution is 0.0655. The quantitative estimate of drug-likeness (QED) is 0.728. The summed E-state index contributed by atoms with van der Waals surface area (Å²) in [5.41, 5.74) is 5.78. The molecule has 3 N–H and O–H groups in total. The first-order chi connectivity index (χ1) is 8.09. The highest BCUT2D eigenvalue weighted by atomic mass is 16.2. The number of rotatable bonds is 2. The van der Waals surface area contributed by atoms with Crippen molar-refractivity contribution in [1.82, 2.24) is 25.2 Å². The Bertz CT molecular complexity index is 395. The molecule has 0 aromatic carbocycles. The van der Waals surface area contributed by atoms with Crippen molar-refractivity contribution in [3.8, 4) is 0 Å². The molecule has 0 atom stereocenters. The second-order valence-electron chi connectivity index (χ2n) is 4.51. The summed E-state index contributed by atoms with van der Waals surface area (Å²) in [6.07, 6.45) is 1.97. The maximum Gasteiger partial charge on any atom is 0.278 e. The number of nitrogens with zero attached hydrogens (tertiary/aromatic N) is 4. The summed E-state index contributed by atoms with van der Waals surface area (Å²) in [6, 6.07) is 0.259. The normalized spacial score (nSPS) is 18.2. The Morgan fingerprint density at radius 1 is 1.47 bits per heavy atom. The first kappa shape index (κ1) is 11.8. The summed E-state index contributed by atoms with van der Waals surface area (Å²) in [6.45, 7) is 2.02. The lowest BCUT2D eigenvalue weighted by atomic mass is 10.0. The molecule has 1 aromatic rings. The second kappa shape index (κ2) is 4.70. The summed E-state index contributed by atoms with van der Waals surface area (Å²) in [4.78, 5) is 16.1. The highest BCUT2D eigenvalue weighted by molar-refractivity contribution is 5.96. The molecule has 0 spiro atoms. The molecule has 0 unspecified atom stereocenters. The molecule has 2 heterocycles. The van der Waals surface area contributed by atoms with Crippen LogP contribution in [-0.2, 0) is 0 Å². The number of aromatic nitrogens is 3. The Kier molecular flexibility index (Phi) is 3.28. The third-order valence-electron chi connectivity index (χ3n) is 3.33. The molecule has 1 aromatic heterocycles. The van der Waals surface area contributed by atoms with E-state index in [2.05, 4.69) is 27.4 Å². The van der Waals surface area contributed by atoms with Crippen molar-refractivity contribution >= 4 is 11.7 Å². The molecular weight excluding hydrogens is 220 g/mol. The van der Waals surface area contributed by atoms with Crippen molar-refractivity contribution in [1.29, 1.82) is 0 Å². The summed E-state index contributed by atoms with van der Waals surface area (Å²) in [5, 5.41) is 9.81. The van der Waals surface area contributed by atoms with Gasteiger partial charge in [-0.2, -0.15) is 5.21 Å². The third kappa shape index (κ3) is 2.38. The van der Waals surface area contributed by atoms with Gasteiger partial charge in [-0.3, -0.25) is 4.79 Å². The summed E-state index contributed by atoms with van der Waals surface area (Å²) in [5.74, 6) is 0.000538. The molecule has 0 bridgehead atoms. The van der Waals surface area contributed by atoms with Gasteiger partial charge in [0.2, 0.25) is 0 Å². The van der Waals surface area contributed by atoms with E-state index in [0.717, 1.165) is 25.9 Å². The molecular formula is C10H18N6O. The molecule has 1 aliphatic rings. The van der Waals surface area contributed by atoms with Gasteiger partial charge in [0, 0.05) is 13.1 Å². The van der Waals surface area contributed by atoms with Crippen LogP contribution in [0.25, 0.3) is 0 Å². The second-order valence-corrected chi connectivity index (χ2v) is 4.51. The highest BCUT2D eigenvalue weighted by Gasteiger charge is 2.27. The summed E-state index contributed by atoms with van der Waals surface area (Å²) >= 11 is 0. The predicted octanol–water partition coefficient (Wildman–Crippen LogP) is -0.447. The Labute approximate surface area is 100.0 Å². The van der Waals surface area contributed by atoms with Gasteiger partial charge >= 0.3 is 0 Å². The van der Waals surface area contributed by atoms with E-state index in [1.807, 2.05) is 0 Å². The van der Waals surface area contributed by atoms with Gasteiger partial charge < -0.3 is 15.5 Å². The Hall–Kier alpha value is -1.63. The fourth-order valence-corrected chi connectivity index (χ4v) is 2.11. The molecule has 1 fully saturated rings. The van der Waals surface area contributed by atoms with E-state index in [1.54, 1.807) is 11.9 Å². The fourth-order valence-electron chi connectivity index (χ4n) is 2.11. The molecule has 2 rings (SSSR count). The molecule has 7 nitrogen and oxygen atoms in total. The molecule has 0 aliphatic carbocycles. The maximum atomic E-state index is 12.1. The van der Waals surface area contributed by atoms with Crippen LogP contribution in [0, 0.1) is 0 Å². The molecule has 0 radical (unpaired) electrons. The van der Waals surface area contributed by atoms with Gasteiger partial charge in [0.15, 0.2) is 11.5 Å². The van der Waals surface area contributed by atoms with Crippen LogP contribution in [0.4, 0.5) is 5.82 Å². The lowest BCUT2D eigenvalue weighted by Crippen LogP contribution is -2.44. The maximum absolute atomic E-state index is 12.1. The van der Waals surface area contributed by atoms with Gasteiger partial charge in [0.05, 0.1) is 0 Å². The van der Waals surface area contributed by atoms with Crippen molar-refractivity contribution < 1.29 is 4.79 Å². The third-order valence-corrected chi connectivity index (χ3v) is 3.33. The van der Waals surface area contributed by atoms with Crippen LogP contribution in [0.5, 0.6) is 0 Å². The van der Waals surface area contributed by atoms with Crippen LogP contribution in [-0.4, -0.2) is 64.3 Å². The highest BCUT2D eigenvalue weighted by Crippen LogP contribution is 2.17. The minimum Gasteiger partial charge on any atom is -0.380 e. The number of aromatic amines is 1. The van der Waals surface area contributed by atoms with Crippen LogP contribution < -0.4 is 5.73 Å². The molecule has 1 saturated heterocycles. The monoisotopic (exact) mass is 238 g/mol. The van der Waals surface area contributed by atoms with E-state index in [0.29, 0.717) is 0 Å². The predicted molar refractivity (Wildman–Crippen MR) is 63.4 cm³/mol. The zero-order valence-corrected chi connectivity index (χ0v) is 10.2. The van der Waals surface area contributed by atoms with E-state index < -0.39 is 0 Å². The molecule has 94 valence electrons. The Balaban J connectivity index is 2.03. The minimum absolute atomic E-state index is 0.161. The van der Waals surface area contributed by atoms with Crippen LogP contribution >= 0.6 is 0 Å². The van der Waals surface area contributed by atoms with Crippen molar-refractivity contribution in [2.75, 3.05) is 32.9 Å². The molecule has 7 heteroatoms. The van der Waals surface area contributed by atoms with E-state index in [-0.39, 0.29) is 23.5 Å². The average Bonchev–Trinajstić information content (AvgIpc) is 2.74. The Morgan fingerprint density at radius 3 is 2.65 bits per heavy atom. The van der Waals surface area contributed by atoms with E-state index >= 15 is 0 Å². The number of carbonyl (C=O) groups is 1. The smallest absolute Gasteiger partial charge is 0.278 e. The van der Waals surface area contributed by atoms with Crippen LogP contribution in [0.15, 0.2) is 0 Å². The van der Waals surface area contributed by atoms with E-state index in [9.17, 15) is 4.79 Å². The molecule has 1 amide bonds. The number of piperidine rings is 1. The number of nitrogens with two attached hydrogens (primary N) is 1. The van der Waals surface area contributed by atoms with Gasteiger partial charge in [0.25, 0.3) is 5.91 Å². The van der Waals surface area contributed by atoms with E-state index in [4.69, 9.17) is 5.73 Å². The van der Waals surface area contributed by atoms with E-state index in [1.165, 1.54) is 0 Å². The van der Waals surface area contributed by atoms with Gasteiger partial charge in [-0.15, -0.1) is 10.2 Å². The van der Waals surface area contributed by atoms with Gasteiger partial charge in [0.1, 0.15) is 0 Å². The molecule has 17 heavy (non-hydrogen) atoms. The number of anilines is 1. The average molecular weight is 238 g/mol. The van der Waals surface area contributed by atoms with Crippen LogP contribution in [0.3, 0.4) is 0 Å². The van der Waals surface area contributed by atoms with Gasteiger partial charge in [-0.05, 0) is 33.0 Å². The number of nitrogen functional groups attached to an aromatic ring is 1. The first-order valence-corrected chi connectivity index (χ1v) is 5.71. The number of H-pyrrole nitrogens is 1. The zero-order valence-electron chi connectivity index (χ0n) is 10.2. The van der Waals surface area contributed by atoms with Crippen molar-refractivity contribution in [3.05, 3.63) is 5.69 Å². The number of hydrogen-bond acceptors (Lipinski definition) is 5. The Morgan fingerprint density at radius 2 is 2.12 bits per heavy atom.